The molecule has 1 heterocycles. The van der Waals surface area contributed by atoms with Crippen molar-refractivity contribution in [1.82, 2.24) is 4.90 Å². The van der Waals surface area contributed by atoms with Gasteiger partial charge in [-0.15, -0.1) is 0 Å². The standard InChI is InChI=1S/C14H19N3O/c1-16(10-8-15)13-7-9-17(11-13)12-3-5-14(18-2)6-4-12/h3-6,13H,7,9-11H2,1-2H3. The van der Waals surface area contributed by atoms with Crippen molar-refractivity contribution in [1.29, 1.82) is 5.26 Å². The molecule has 1 saturated heterocycles. The highest BCUT2D eigenvalue weighted by molar-refractivity contribution is 5.50. The molecule has 4 nitrogen and oxygen atoms in total. The third-order valence-electron chi connectivity index (χ3n) is 3.54. The Labute approximate surface area is 108 Å². The predicted molar refractivity (Wildman–Crippen MR) is 71.9 cm³/mol. The maximum absolute atomic E-state index is 8.72. The van der Waals surface area contributed by atoms with Crippen LogP contribution in [0.3, 0.4) is 0 Å². The molecule has 1 aromatic rings. The van der Waals surface area contributed by atoms with Crippen molar-refractivity contribution in [3.05, 3.63) is 24.3 Å². The second-order valence-corrected chi connectivity index (χ2v) is 4.66. The van der Waals surface area contributed by atoms with Gasteiger partial charge in [0.1, 0.15) is 5.75 Å². The first kappa shape index (κ1) is 12.7. The second kappa shape index (κ2) is 5.74. The number of nitriles is 1. The smallest absolute Gasteiger partial charge is 0.119 e. The van der Waals surface area contributed by atoms with E-state index in [-0.39, 0.29) is 0 Å². The molecular weight excluding hydrogens is 226 g/mol. The summed E-state index contributed by atoms with van der Waals surface area (Å²) < 4.78 is 5.16. The van der Waals surface area contributed by atoms with E-state index in [1.807, 2.05) is 19.2 Å². The fourth-order valence-electron chi connectivity index (χ4n) is 2.37. The zero-order valence-electron chi connectivity index (χ0n) is 11.0. The minimum absolute atomic E-state index is 0.478. The summed E-state index contributed by atoms with van der Waals surface area (Å²) in [5.41, 5.74) is 1.23. The molecule has 0 saturated carbocycles. The van der Waals surface area contributed by atoms with Crippen molar-refractivity contribution in [3.63, 3.8) is 0 Å². The third-order valence-corrected chi connectivity index (χ3v) is 3.54. The van der Waals surface area contributed by atoms with Gasteiger partial charge in [-0.3, -0.25) is 4.90 Å². The highest BCUT2D eigenvalue weighted by Crippen LogP contribution is 2.24. The second-order valence-electron chi connectivity index (χ2n) is 4.66. The van der Waals surface area contributed by atoms with Gasteiger partial charge in [0.2, 0.25) is 0 Å². The van der Waals surface area contributed by atoms with Gasteiger partial charge in [0, 0.05) is 24.8 Å². The van der Waals surface area contributed by atoms with Gasteiger partial charge in [0.15, 0.2) is 0 Å². The Kier molecular flexibility index (Phi) is 4.06. The maximum atomic E-state index is 8.72. The maximum Gasteiger partial charge on any atom is 0.119 e. The molecule has 96 valence electrons. The highest BCUT2D eigenvalue weighted by Gasteiger charge is 2.25. The van der Waals surface area contributed by atoms with Crippen LogP contribution in [0, 0.1) is 11.3 Å². The lowest BCUT2D eigenvalue weighted by Gasteiger charge is -2.23. The van der Waals surface area contributed by atoms with Crippen LogP contribution in [0.2, 0.25) is 0 Å². The summed E-state index contributed by atoms with van der Waals surface area (Å²) in [6.45, 7) is 2.54. The topological polar surface area (TPSA) is 39.5 Å². The van der Waals surface area contributed by atoms with Crippen LogP contribution in [0.5, 0.6) is 5.75 Å². The number of hydrogen-bond donors (Lipinski definition) is 0. The molecular formula is C14H19N3O. The Morgan fingerprint density at radius 1 is 1.44 bits per heavy atom. The van der Waals surface area contributed by atoms with Gasteiger partial charge in [-0.1, -0.05) is 0 Å². The van der Waals surface area contributed by atoms with Gasteiger partial charge in [-0.05, 0) is 37.7 Å². The van der Waals surface area contributed by atoms with Crippen molar-refractivity contribution in [2.24, 2.45) is 0 Å². The number of hydrogen-bond acceptors (Lipinski definition) is 4. The molecule has 1 aromatic carbocycles. The van der Waals surface area contributed by atoms with Crippen molar-refractivity contribution in [2.75, 3.05) is 38.7 Å². The van der Waals surface area contributed by atoms with E-state index in [1.165, 1.54) is 5.69 Å². The van der Waals surface area contributed by atoms with Crippen molar-refractivity contribution >= 4 is 5.69 Å². The minimum Gasteiger partial charge on any atom is -0.497 e. The Bertz CT molecular complexity index is 424. The van der Waals surface area contributed by atoms with Gasteiger partial charge >= 0.3 is 0 Å². The van der Waals surface area contributed by atoms with Crippen LogP contribution >= 0.6 is 0 Å². The van der Waals surface area contributed by atoms with E-state index in [0.29, 0.717) is 12.6 Å². The van der Waals surface area contributed by atoms with Crippen LogP contribution in [0.15, 0.2) is 24.3 Å². The Hall–Kier alpha value is -1.73. The van der Waals surface area contributed by atoms with E-state index in [9.17, 15) is 0 Å². The van der Waals surface area contributed by atoms with E-state index in [0.717, 1.165) is 25.3 Å². The molecule has 1 unspecified atom stereocenters. The molecule has 0 aliphatic carbocycles. The van der Waals surface area contributed by atoms with Crippen LogP contribution in [-0.2, 0) is 0 Å². The predicted octanol–water partition coefficient (Wildman–Crippen LogP) is 1.73. The molecule has 1 atom stereocenters. The van der Waals surface area contributed by atoms with E-state index in [1.54, 1.807) is 7.11 Å². The van der Waals surface area contributed by atoms with Gasteiger partial charge < -0.3 is 9.64 Å². The lowest BCUT2D eigenvalue weighted by atomic mass is 10.2. The number of likely N-dealkylation sites (N-methyl/N-ethyl adjacent to an activating group) is 1. The number of rotatable bonds is 4. The summed E-state index contributed by atoms with van der Waals surface area (Å²) in [6, 6.07) is 10.8. The average molecular weight is 245 g/mol. The minimum atomic E-state index is 0.478. The van der Waals surface area contributed by atoms with Crippen LogP contribution in [0.25, 0.3) is 0 Å². The fourth-order valence-corrected chi connectivity index (χ4v) is 2.37. The SMILES string of the molecule is COc1ccc(N2CCC(N(C)CC#N)C2)cc1. The molecule has 18 heavy (non-hydrogen) atoms. The lowest BCUT2D eigenvalue weighted by Crippen LogP contribution is -2.34. The molecule has 2 rings (SSSR count). The molecule has 1 aliphatic rings. The van der Waals surface area contributed by atoms with E-state index >= 15 is 0 Å². The third kappa shape index (κ3) is 2.74. The van der Waals surface area contributed by atoms with E-state index < -0.39 is 0 Å². The normalized spacial score (nSPS) is 19.0. The molecule has 1 aliphatic heterocycles. The van der Waals surface area contributed by atoms with Gasteiger partial charge in [-0.2, -0.15) is 5.26 Å². The Balaban J connectivity index is 1.97. The lowest BCUT2D eigenvalue weighted by molar-refractivity contribution is 0.289. The molecule has 0 radical (unpaired) electrons. The largest absolute Gasteiger partial charge is 0.497 e. The number of methoxy groups -OCH3 is 1. The molecule has 0 aromatic heterocycles. The summed E-state index contributed by atoms with van der Waals surface area (Å²) in [6.07, 6.45) is 1.12. The summed E-state index contributed by atoms with van der Waals surface area (Å²) in [5, 5.41) is 8.72. The molecule has 0 spiro atoms. The van der Waals surface area contributed by atoms with Gasteiger partial charge in [0.25, 0.3) is 0 Å². The molecule has 0 bridgehead atoms. The van der Waals surface area contributed by atoms with Crippen LogP contribution in [-0.4, -0.2) is 44.7 Å². The first-order valence-corrected chi connectivity index (χ1v) is 6.21. The van der Waals surface area contributed by atoms with Crippen LogP contribution in [0.1, 0.15) is 6.42 Å². The quantitative estimate of drug-likeness (QED) is 0.757. The monoisotopic (exact) mass is 245 g/mol. The number of anilines is 1. The summed E-state index contributed by atoms with van der Waals surface area (Å²) in [5.74, 6) is 0.885. The Morgan fingerprint density at radius 3 is 2.78 bits per heavy atom. The zero-order valence-corrected chi connectivity index (χ0v) is 11.0. The van der Waals surface area contributed by atoms with Crippen LogP contribution < -0.4 is 9.64 Å². The number of nitrogens with zero attached hydrogens (tertiary/aromatic N) is 3. The molecule has 0 amide bonds. The Morgan fingerprint density at radius 2 is 2.17 bits per heavy atom. The van der Waals surface area contributed by atoms with Gasteiger partial charge in [-0.25, -0.2) is 0 Å². The first-order chi connectivity index (χ1) is 8.74. The fraction of sp³-hybridized carbons (Fsp3) is 0.500. The average Bonchev–Trinajstić information content (AvgIpc) is 2.89. The highest BCUT2D eigenvalue weighted by atomic mass is 16.5. The van der Waals surface area contributed by atoms with Gasteiger partial charge in [0.05, 0.1) is 19.7 Å². The zero-order chi connectivity index (χ0) is 13.0. The van der Waals surface area contributed by atoms with Crippen LogP contribution in [0.4, 0.5) is 5.69 Å². The van der Waals surface area contributed by atoms with E-state index in [4.69, 9.17) is 10.00 Å². The molecule has 0 N–H and O–H groups in total. The summed E-state index contributed by atoms with van der Waals surface area (Å²) in [4.78, 5) is 4.49. The number of ether oxygens (including phenoxy) is 1. The number of benzene rings is 1. The van der Waals surface area contributed by atoms with Crippen molar-refractivity contribution in [3.8, 4) is 11.8 Å². The summed E-state index contributed by atoms with van der Waals surface area (Å²) in [7, 11) is 3.70. The first-order valence-electron chi connectivity index (χ1n) is 6.21. The summed E-state index contributed by atoms with van der Waals surface area (Å²) >= 11 is 0. The molecule has 1 fully saturated rings. The van der Waals surface area contributed by atoms with Crippen molar-refractivity contribution < 1.29 is 4.74 Å². The van der Waals surface area contributed by atoms with Crippen molar-refractivity contribution in [2.45, 2.75) is 12.5 Å². The molecule has 4 heteroatoms. The van der Waals surface area contributed by atoms with E-state index in [2.05, 4.69) is 28.0 Å².